The minimum Gasteiger partial charge on any atom is -0.310 e. The van der Waals surface area contributed by atoms with Gasteiger partial charge in [-0.3, -0.25) is 4.79 Å². The van der Waals surface area contributed by atoms with Crippen molar-refractivity contribution in [1.82, 2.24) is 9.97 Å². The van der Waals surface area contributed by atoms with Crippen LogP contribution in [0.3, 0.4) is 0 Å². The molecule has 1 aromatic heterocycles. The Morgan fingerprint density at radius 2 is 2.21 bits per heavy atom. The van der Waals surface area contributed by atoms with E-state index in [0.29, 0.717) is 11.5 Å². The fraction of sp³-hybridized carbons (Fsp3) is 0.214. The van der Waals surface area contributed by atoms with Gasteiger partial charge in [-0.2, -0.15) is 0 Å². The van der Waals surface area contributed by atoms with Crippen LogP contribution in [-0.2, 0) is 6.42 Å². The first-order valence-electron chi connectivity index (χ1n) is 6.05. The molecule has 5 heteroatoms. The van der Waals surface area contributed by atoms with Gasteiger partial charge < -0.3 is 4.90 Å². The number of rotatable bonds is 2. The summed E-state index contributed by atoms with van der Waals surface area (Å²) < 4.78 is 0. The third-order valence-electron chi connectivity index (χ3n) is 3.23. The van der Waals surface area contributed by atoms with Crippen molar-refractivity contribution in [3.05, 3.63) is 47.3 Å². The second-order valence-corrected chi connectivity index (χ2v) is 4.86. The van der Waals surface area contributed by atoms with Gasteiger partial charge >= 0.3 is 0 Å². The molecule has 1 aliphatic heterocycles. The molecule has 1 aromatic carbocycles. The molecule has 19 heavy (non-hydrogen) atoms. The monoisotopic (exact) mass is 273 g/mol. The molecule has 4 nitrogen and oxygen atoms in total. The molecule has 0 N–H and O–H groups in total. The molecule has 0 radical (unpaired) electrons. The number of benzene rings is 1. The van der Waals surface area contributed by atoms with Gasteiger partial charge in [0.15, 0.2) is 0 Å². The van der Waals surface area contributed by atoms with Crippen molar-refractivity contribution in [2.75, 3.05) is 11.4 Å². The highest BCUT2D eigenvalue weighted by Crippen LogP contribution is 2.33. The first-order chi connectivity index (χ1) is 9.15. The summed E-state index contributed by atoms with van der Waals surface area (Å²) >= 11 is 5.50. The predicted octanol–water partition coefficient (Wildman–Crippen LogP) is 2.86. The van der Waals surface area contributed by atoms with Crippen LogP contribution in [0.4, 0.5) is 11.6 Å². The van der Waals surface area contributed by atoms with Crippen LogP contribution in [-0.4, -0.2) is 21.8 Å². The highest BCUT2D eigenvalue weighted by Gasteiger charge is 2.23. The lowest BCUT2D eigenvalue weighted by Crippen LogP contribution is -2.16. The van der Waals surface area contributed by atoms with Crippen molar-refractivity contribution in [3.63, 3.8) is 0 Å². The van der Waals surface area contributed by atoms with Crippen LogP contribution in [0.15, 0.2) is 30.5 Å². The quantitative estimate of drug-likeness (QED) is 0.790. The van der Waals surface area contributed by atoms with Gasteiger partial charge in [-0.1, -0.05) is 0 Å². The topological polar surface area (TPSA) is 46.1 Å². The van der Waals surface area contributed by atoms with E-state index in [2.05, 4.69) is 14.9 Å². The van der Waals surface area contributed by atoms with Crippen molar-refractivity contribution >= 4 is 28.5 Å². The Morgan fingerprint density at radius 1 is 1.37 bits per heavy atom. The van der Waals surface area contributed by atoms with Gasteiger partial charge in [-0.25, -0.2) is 9.97 Å². The average molecular weight is 274 g/mol. The number of carbonyl (C=O) groups excluding carboxylic acids is 1. The maximum absolute atomic E-state index is 11.2. The lowest BCUT2D eigenvalue weighted by Gasteiger charge is -2.17. The van der Waals surface area contributed by atoms with Crippen molar-refractivity contribution < 1.29 is 4.79 Å². The van der Waals surface area contributed by atoms with E-state index in [-0.39, 0.29) is 0 Å². The first kappa shape index (κ1) is 12.1. The fourth-order valence-corrected chi connectivity index (χ4v) is 2.42. The normalized spacial score (nSPS) is 13.5. The lowest BCUT2D eigenvalue weighted by molar-refractivity contribution is 0.108. The van der Waals surface area contributed by atoms with E-state index in [0.717, 1.165) is 29.9 Å². The molecule has 2 aromatic rings. The van der Waals surface area contributed by atoms with Crippen LogP contribution < -0.4 is 4.90 Å². The van der Waals surface area contributed by atoms with Crippen LogP contribution in [0.2, 0.25) is 0 Å². The fourth-order valence-electron chi connectivity index (χ4n) is 2.30. The minimum absolute atomic E-state index is 0.423. The summed E-state index contributed by atoms with van der Waals surface area (Å²) in [5.41, 5.74) is 3.63. The van der Waals surface area contributed by atoms with Crippen LogP contribution in [0.1, 0.15) is 21.6 Å². The van der Waals surface area contributed by atoms with Crippen molar-refractivity contribution in [2.24, 2.45) is 0 Å². The lowest BCUT2D eigenvalue weighted by atomic mass is 10.1. The van der Waals surface area contributed by atoms with Gasteiger partial charge in [0.05, 0.1) is 0 Å². The number of anilines is 2. The van der Waals surface area contributed by atoms with Crippen LogP contribution >= 0.6 is 11.6 Å². The largest absolute Gasteiger partial charge is 0.310 e. The van der Waals surface area contributed by atoms with Gasteiger partial charge in [0, 0.05) is 29.7 Å². The summed E-state index contributed by atoms with van der Waals surface area (Å²) in [6, 6.07) is 7.36. The molecule has 3 rings (SSSR count). The number of fused-ring (bicyclic) bond motifs is 1. The van der Waals surface area contributed by atoms with Gasteiger partial charge in [-0.05, 0) is 54.8 Å². The molecule has 0 aliphatic carbocycles. The molecule has 0 saturated carbocycles. The second-order valence-electron chi connectivity index (χ2n) is 4.52. The van der Waals surface area contributed by atoms with E-state index in [1.165, 1.54) is 0 Å². The molecule has 0 spiro atoms. The van der Waals surface area contributed by atoms with Crippen molar-refractivity contribution in [3.8, 4) is 0 Å². The smallest absolute Gasteiger partial charge is 0.252 e. The third kappa shape index (κ3) is 2.19. The Bertz CT molecular complexity index is 657. The predicted molar refractivity (Wildman–Crippen MR) is 74.1 cm³/mol. The molecule has 1 aliphatic rings. The average Bonchev–Trinajstić information content (AvgIpc) is 2.81. The Kier molecular flexibility index (Phi) is 2.95. The number of aromatic nitrogens is 2. The molecular weight excluding hydrogens is 262 g/mol. The summed E-state index contributed by atoms with van der Waals surface area (Å²) in [6.45, 7) is 2.76. The van der Waals surface area contributed by atoms with E-state index in [4.69, 9.17) is 11.6 Å². The number of hydrogen-bond donors (Lipinski definition) is 0. The van der Waals surface area contributed by atoms with E-state index in [1.54, 1.807) is 12.3 Å². The van der Waals surface area contributed by atoms with Crippen molar-refractivity contribution in [1.29, 1.82) is 0 Å². The molecule has 2 heterocycles. The summed E-state index contributed by atoms with van der Waals surface area (Å²) in [7, 11) is 0. The van der Waals surface area contributed by atoms with Crippen LogP contribution in [0.5, 0.6) is 0 Å². The zero-order valence-electron chi connectivity index (χ0n) is 10.4. The Morgan fingerprint density at radius 3 is 2.95 bits per heavy atom. The van der Waals surface area contributed by atoms with E-state index in [9.17, 15) is 4.79 Å². The Balaban J connectivity index is 2.01. The van der Waals surface area contributed by atoms with E-state index >= 15 is 0 Å². The standard InChI is InChI=1S/C14H12ClN3O/c1-9-4-6-16-14(17-9)18-7-5-10-8-11(13(15)19)2-3-12(10)18/h2-4,6,8H,5,7H2,1H3. The Labute approximate surface area is 116 Å². The Hall–Kier alpha value is -1.94. The van der Waals surface area contributed by atoms with E-state index in [1.807, 2.05) is 25.1 Å². The second kappa shape index (κ2) is 4.63. The SMILES string of the molecule is Cc1ccnc(N2CCc3cc(C(=O)Cl)ccc32)n1. The van der Waals surface area contributed by atoms with Gasteiger partial charge in [0.1, 0.15) is 0 Å². The maximum Gasteiger partial charge on any atom is 0.252 e. The third-order valence-corrected chi connectivity index (χ3v) is 3.44. The molecular formula is C14H12ClN3O. The number of hydrogen-bond acceptors (Lipinski definition) is 4. The maximum atomic E-state index is 11.2. The zero-order chi connectivity index (χ0) is 13.4. The molecule has 0 fully saturated rings. The molecule has 0 atom stereocenters. The number of carbonyl (C=O) groups is 1. The first-order valence-corrected chi connectivity index (χ1v) is 6.43. The summed E-state index contributed by atoms with van der Waals surface area (Å²) in [4.78, 5) is 22.0. The molecule has 0 bridgehead atoms. The zero-order valence-corrected chi connectivity index (χ0v) is 11.2. The highest BCUT2D eigenvalue weighted by atomic mass is 35.5. The van der Waals surface area contributed by atoms with E-state index < -0.39 is 5.24 Å². The summed E-state index contributed by atoms with van der Waals surface area (Å²) in [6.07, 6.45) is 2.62. The minimum atomic E-state index is -0.423. The molecule has 0 amide bonds. The molecule has 96 valence electrons. The van der Waals surface area contributed by atoms with Crippen molar-refractivity contribution in [2.45, 2.75) is 13.3 Å². The van der Waals surface area contributed by atoms with Crippen LogP contribution in [0, 0.1) is 6.92 Å². The summed E-state index contributed by atoms with van der Waals surface area (Å²) in [5.74, 6) is 0.698. The summed E-state index contributed by atoms with van der Waals surface area (Å²) in [5, 5.41) is -0.423. The van der Waals surface area contributed by atoms with Gasteiger partial charge in [-0.15, -0.1) is 0 Å². The van der Waals surface area contributed by atoms with Gasteiger partial charge in [0.25, 0.3) is 5.24 Å². The number of halogens is 1. The molecule has 0 unspecified atom stereocenters. The molecule has 0 saturated heterocycles. The van der Waals surface area contributed by atoms with Crippen LogP contribution in [0.25, 0.3) is 0 Å². The van der Waals surface area contributed by atoms with Gasteiger partial charge in [0.2, 0.25) is 5.95 Å². The highest BCUT2D eigenvalue weighted by molar-refractivity contribution is 6.67. The number of aryl methyl sites for hydroxylation is 1. The number of nitrogens with zero attached hydrogens (tertiary/aromatic N) is 3.